The Labute approximate surface area is 127 Å². The van der Waals surface area contributed by atoms with Crippen LogP contribution in [-0.4, -0.2) is 25.1 Å². The highest BCUT2D eigenvalue weighted by molar-refractivity contribution is 6.06. The summed E-state index contributed by atoms with van der Waals surface area (Å²) in [6.07, 6.45) is 2.84. The van der Waals surface area contributed by atoms with Crippen LogP contribution in [0.15, 0.2) is 42.5 Å². The van der Waals surface area contributed by atoms with Crippen molar-refractivity contribution >= 4 is 11.9 Å². The van der Waals surface area contributed by atoms with Crippen LogP contribution in [0, 0.1) is 5.82 Å². The maximum Gasteiger partial charge on any atom is 0.185 e. The summed E-state index contributed by atoms with van der Waals surface area (Å²) in [5.41, 5.74) is 0.841. The van der Waals surface area contributed by atoms with Crippen molar-refractivity contribution in [1.29, 1.82) is 0 Å². The summed E-state index contributed by atoms with van der Waals surface area (Å²) >= 11 is 0. The van der Waals surface area contributed by atoms with Crippen LogP contribution in [0.4, 0.5) is 4.39 Å². The van der Waals surface area contributed by atoms with Gasteiger partial charge in [0.15, 0.2) is 28.8 Å². The number of phenols is 1. The second kappa shape index (κ2) is 6.76. The maximum absolute atomic E-state index is 13.6. The first-order chi connectivity index (χ1) is 10.5. The standard InChI is InChI=1S/C17H15FO4/c1-21-16-8-5-12(10-13(16)18)14(19)6-3-11-4-7-17(22-2)15(20)9-11/h3-10,20H,1-2H3/b6-3+. The van der Waals surface area contributed by atoms with Crippen molar-refractivity contribution in [2.75, 3.05) is 14.2 Å². The van der Waals surface area contributed by atoms with Gasteiger partial charge in [0.05, 0.1) is 14.2 Å². The Hall–Kier alpha value is -2.82. The number of ether oxygens (including phenoxy) is 2. The fourth-order valence-corrected chi connectivity index (χ4v) is 1.90. The third-order valence-corrected chi connectivity index (χ3v) is 3.07. The molecule has 0 aliphatic heterocycles. The molecule has 2 aromatic rings. The normalized spacial score (nSPS) is 10.7. The Morgan fingerprint density at radius 2 is 1.77 bits per heavy atom. The molecule has 2 aromatic carbocycles. The zero-order valence-corrected chi connectivity index (χ0v) is 12.2. The molecule has 0 radical (unpaired) electrons. The second-order valence-electron chi connectivity index (χ2n) is 4.48. The van der Waals surface area contributed by atoms with Gasteiger partial charge >= 0.3 is 0 Å². The summed E-state index contributed by atoms with van der Waals surface area (Å²) in [5, 5.41) is 9.66. The number of allylic oxidation sites excluding steroid dienone is 1. The summed E-state index contributed by atoms with van der Waals surface area (Å²) in [6.45, 7) is 0. The molecule has 0 fully saturated rings. The topological polar surface area (TPSA) is 55.8 Å². The molecule has 0 aliphatic carbocycles. The highest BCUT2D eigenvalue weighted by atomic mass is 19.1. The first-order valence-electron chi connectivity index (χ1n) is 6.48. The van der Waals surface area contributed by atoms with E-state index < -0.39 is 5.82 Å². The molecule has 0 spiro atoms. The van der Waals surface area contributed by atoms with E-state index in [1.165, 1.54) is 44.6 Å². The fraction of sp³-hybridized carbons (Fsp3) is 0.118. The van der Waals surface area contributed by atoms with Gasteiger partial charge in [0.2, 0.25) is 0 Å². The minimum atomic E-state index is -0.594. The number of halogens is 1. The average Bonchev–Trinajstić information content (AvgIpc) is 2.52. The van der Waals surface area contributed by atoms with Crippen LogP contribution in [-0.2, 0) is 0 Å². The number of hydrogen-bond acceptors (Lipinski definition) is 4. The van der Waals surface area contributed by atoms with Gasteiger partial charge in [0, 0.05) is 5.56 Å². The molecule has 0 bridgehead atoms. The van der Waals surface area contributed by atoms with Crippen LogP contribution in [0.25, 0.3) is 6.08 Å². The lowest BCUT2D eigenvalue weighted by molar-refractivity contribution is 0.104. The summed E-state index contributed by atoms with van der Waals surface area (Å²) in [4.78, 5) is 12.0. The molecule has 0 saturated heterocycles. The maximum atomic E-state index is 13.6. The van der Waals surface area contributed by atoms with Crippen LogP contribution in [0.5, 0.6) is 17.2 Å². The molecule has 0 atom stereocenters. The Bertz CT molecular complexity index is 723. The SMILES string of the molecule is COc1ccc(/C=C/C(=O)c2ccc(OC)c(F)c2)cc1O. The third-order valence-electron chi connectivity index (χ3n) is 3.07. The summed E-state index contributed by atoms with van der Waals surface area (Å²) < 4.78 is 23.3. The Morgan fingerprint density at radius 3 is 2.36 bits per heavy atom. The molecule has 0 amide bonds. The number of hydrogen-bond donors (Lipinski definition) is 1. The number of rotatable bonds is 5. The molecule has 0 saturated carbocycles. The van der Waals surface area contributed by atoms with Crippen molar-refractivity contribution in [3.05, 3.63) is 59.4 Å². The predicted octanol–water partition coefficient (Wildman–Crippen LogP) is 3.44. The van der Waals surface area contributed by atoms with E-state index in [-0.39, 0.29) is 22.8 Å². The lowest BCUT2D eigenvalue weighted by atomic mass is 10.1. The number of benzene rings is 2. The number of aromatic hydroxyl groups is 1. The zero-order valence-electron chi connectivity index (χ0n) is 12.2. The molecule has 2 rings (SSSR count). The third kappa shape index (κ3) is 3.44. The van der Waals surface area contributed by atoms with Gasteiger partial charge in [0.25, 0.3) is 0 Å². The van der Waals surface area contributed by atoms with E-state index in [0.29, 0.717) is 11.3 Å². The second-order valence-corrected chi connectivity index (χ2v) is 4.48. The predicted molar refractivity (Wildman–Crippen MR) is 81.0 cm³/mol. The van der Waals surface area contributed by atoms with E-state index in [0.717, 1.165) is 6.07 Å². The Kier molecular flexibility index (Phi) is 4.78. The lowest BCUT2D eigenvalue weighted by Gasteiger charge is -2.04. The minimum absolute atomic E-state index is 0.0207. The summed E-state index contributed by atoms with van der Waals surface area (Å²) in [6, 6.07) is 8.76. The van der Waals surface area contributed by atoms with Crippen molar-refractivity contribution in [2.45, 2.75) is 0 Å². The Morgan fingerprint density at radius 1 is 1.09 bits per heavy atom. The summed E-state index contributed by atoms with van der Waals surface area (Å²) in [5.74, 6) is -0.533. The minimum Gasteiger partial charge on any atom is -0.504 e. The van der Waals surface area contributed by atoms with E-state index in [4.69, 9.17) is 9.47 Å². The molecule has 0 aromatic heterocycles. The largest absolute Gasteiger partial charge is 0.504 e. The van der Waals surface area contributed by atoms with Crippen LogP contribution in [0.1, 0.15) is 15.9 Å². The monoisotopic (exact) mass is 302 g/mol. The molecule has 1 N–H and O–H groups in total. The van der Waals surface area contributed by atoms with E-state index in [2.05, 4.69) is 0 Å². The Balaban J connectivity index is 2.17. The van der Waals surface area contributed by atoms with Crippen LogP contribution >= 0.6 is 0 Å². The van der Waals surface area contributed by atoms with Crippen LogP contribution in [0.2, 0.25) is 0 Å². The number of carbonyl (C=O) groups is 1. The molecule has 114 valence electrons. The van der Waals surface area contributed by atoms with E-state index in [1.807, 2.05) is 0 Å². The van der Waals surface area contributed by atoms with Crippen LogP contribution < -0.4 is 9.47 Å². The van der Waals surface area contributed by atoms with Gasteiger partial charge in [-0.3, -0.25) is 4.79 Å². The highest BCUT2D eigenvalue weighted by Gasteiger charge is 2.08. The van der Waals surface area contributed by atoms with E-state index in [9.17, 15) is 14.3 Å². The lowest BCUT2D eigenvalue weighted by Crippen LogP contribution is -1.97. The van der Waals surface area contributed by atoms with E-state index in [1.54, 1.807) is 12.1 Å². The van der Waals surface area contributed by atoms with Gasteiger partial charge in [-0.25, -0.2) is 4.39 Å². The van der Waals surface area contributed by atoms with Crippen molar-refractivity contribution in [1.82, 2.24) is 0 Å². The number of carbonyl (C=O) groups excluding carboxylic acids is 1. The van der Waals surface area contributed by atoms with Gasteiger partial charge in [-0.15, -0.1) is 0 Å². The van der Waals surface area contributed by atoms with Gasteiger partial charge in [-0.1, -0.05) is 12.1 Å². The van der Waals surface area contributed by atoms with Crippen molar-refractivity contribution in [3.8, 4) is 17.2 Å². The molecule has 0 heterocycles. The zero-order chi connectivity index (χ0) is 16.1. The van der Waals surface area contributed by atoms with Gasteiger partial charge < -0.3 is 14.6 Å². The first-order valence-corrected chi connectivity index (χ1v) is 6.48. The summed E-state index contributed by atoms with van der Waals surface area (Å²) in [7, 11) is 2.81. The fourth-order valence-electron chi connectivity index (χ4n) is 1.90. The van der Waals surface area contributed by atoms with Crippen LogP contribution in [0.3, 0.4) is 0 Å². The number of phenolic OH excluding ortho intramolecular Hbond substituents is 1. The van der Waals surface area contributed by atoms with Crippen molar-refractivity contribution in [3.63, 3.8) is 0 Å². The van der Waals surface area contributed by atoms with Gasteiger partial charge in [-0.05, 0) is 42.0 Å². The van der Waals surface area contributed by atoms with E-state index >= 15 is 0 Å². The van der Waals surface area contributed by atoms with Crippen molar-refractivity contribution < 1.29 is 23.8 Å². The average molecular weight is 302 g/mol. The molecule has 0 unspecified atom stereocenters. The molecule has 0 aliphatic rings. The smallest absolute Gasteiger partial charge is 0.185 e. The molecular weight excluding hydrogens is 287 g/mol. The molecule has 22 heavy (non-hydrogen) atoms. The quantitative estimate of drug-likeness (QED) is 0.679. The number of ketones is 1. The molecule has 5 heteroatoms. The van der Waals surface area contributed by atoms with Gasteiger partial charge in [-0.2, -0.15) is 0 Å². The number of methoxy groups -OCH3 is 2. The molecular formula is C17H15FO4. The van der Waals surface area contributed by atoms with Crippen molar-refractivity contribution in [2.24, 2.45) is 0 Å². The first kappa shape index (κ1) is 15.6. The molecule has 4 nitrogen and oxygen atoms in total. The highest BCUT2D eigenvalue weighted by Crippen LogP contribution is 2.26. The van der Waals surface area contributed by atoms with Gasteiger partial charge in [0.1, 0.15) is 0 Å².